The Bertz CT molecular complexity index is 631. The van der Waals surface area contributed by atoms with E-state index in [9.17, 15) is 9.59 Å². The van der Waals surface area contributed by atoms with Crippen molar-refractivity contribution in [1.29, 1.82) is 0 Å². The molecule has 0 radical (unpaired) electrons. The van der Waals surface area contributed by atoms with Crippen LogP contribution >= 0.6 is 0 Å². The molecular formula is C19H24N2O4. The maximum absolute atomic E-state index is 12.7. The van der Waals surface area contributed by atoms with Crippen LogP contribution in [0.15, 0.2) is 24.3 Å². The number of ether oxygens (including phenoxy) is 2. The van der Waals surface area contributed by atoms with Crippen molar-refractivity contribution in [1.82, 2.24) is 4.90 Å². The molecule has 0 aliphatic carbocycles. The lowest BCUT2D eigenvalue weighted by molar-refractivity contribution is -0.117. The zero-order valence-electron chi connectivity index (χ0n) is 14.4. The van der Waals surface area contributed by atoms with Gasteiger partial charge in [0.15, 0.2) is 6.29 Å². The van der Waals surface area contributed by atoms with Gasteiger partial charge in [0.05, 0.1) is 13.2 Å². The molecule has 1 aromatic rings. The average molecular weight is 344 g/mol. The quantitative estimate of drug-likeness (QED) is 0.842. The number of likely N-dealkylation sites (tertiary alicyclic amines) is 1. The van der Waals surface area contributed by atoms with E-state index in [0.29, 0.717) is 31.1 Å². The van der Waals surface area contributed by atoms with Gasteiger partial charge in [0.25, 0.3) is 5.91 Å². The molecule has 0 aromatic heterocycles. The van der Waals surface area contributed by atoms with Gasteiger partial charge in [0.2, 0.25) is 5.91 Å². The summed E-state index contributed by atoms with van der Waals surface area (Å²) in [7, 11) is 0. The number of hydrogen-bond donors (Lipinski definition) is 0. The summed E-state index contributed by atoms with van der Waals surface area (Å²) in [5.41, 5.74) is 1.57. The van der Waals surface area contributed by atoms with Crippen LogP contribution in [-0.2, 0) is 14.3 Å². The van der Waals surface area contributed by atoms with Crippen LogP contribution in [0.25, 0.3) is 0 Å². The Labute approximate surface area is 147 Å². The molecule has 3 fully saturated rings. The molecule has 2 amide bonds. The Morgan fingerprint density at radius 2 is 1.68 bits per heavy atom. The van der Waals surface area contributed by atoms with Gasteiger partial charge >= 0.3 is 0 Å². The maximum Gasteiger partial charge on any atom is 0.253 e. The van der Waals surface area contributed by atoms with Crippen molar-refractivity contribution in [2.75, 3.05) is 37.7 Å². The lowest BCUT2D eigenvalue weighted by Crippen LogP contribution is -2.41. The molecule has 3 aliphatic heterocycles. The summed E-state index contributed by atoms with van der Waals surface area (Å²) in [5, 5.41) is 0. The van der Waals surface area contributed by atoms with E-state index in [4.69, 9.17) is 9.47 Å². The smallest absolute Gasteiger partial charge is 0.253 e. The summed E-state index contributed by atoms with van der Waals surface area (Å²) in [5.74, 6) is 0.610. The van der Waals surface area contributed by atoms with E-state index in [-0.39, 0.29) is 18.1 Å². The first kappa shape index (κ1) is 16.5. The van der Waals surface area contributed by atoms with Gasteiger partial charge in [-0.2, -0.15) is 0 Å². The highest BCUT2D eigenvalue weighted by Gasteiger charge is 2.32. The van der Waals surface area contributed by atoms with E-state index in [1.54, 1.807) is 4.90 Å². The average Bonchev–Trinajstić information content (AvgIpc) is 3.33. The van der Waals surface area contributed by atoms with Gasteiger partial charge in [-0.3, -0.25) is 9.59 Å². The minimum atomic E-state index is -0.0884. The number of hydrogen-bond acceptors (Lipinski definition) is 4. The molecule has 4 rings (SSSR count). The second-order valence-electron chi connectivity index (χ2n) is 6.94. The largest absolute Gasteiger partial charge is 0.350 e. The van der Waals surface area contributed by atoms with Crippen LogP contribution < -0.4 is 4.90 Å². The third-order valence-corrected chi connectivity index (χ3v) is 5.36. The Balaban J connectivity index is 1.35. The molecule has 0 unspecified atom stereocenters. The number of amides is 2. The van der Waals surface area contributed by atoms with Crippen LogP contribution in [0.4, 0.5) is 5.69 Å². The molecule has 3 saturated heterocycles. The van der Waals surface area contributed by atoms with Gasteiger partial charge in [-0.15, -0.1) is 0 Å². The van der Waals surface area contributed by atoms with Crippen molar-refractivity contribution in [2.24, 2.45) is 5.92 Å². The van der Waals surface area contributed by atoms with Crippen molar-refractivity contribution in [3.63, 3.8) is 0 Å². The van der Waals surface area contributed by atoms with Crippen LogP contribution in [0.2, 0.25) is 0 Å². The van der Waals surface area contributed by atoms with Crippen LogP contribution in [0.1, 0.15) is 36.0 Å². The van der Waals surface area contributed by atoms with E-state index in [0.717, 1.165) is 44.6 Å². The Morgan fingerprint density at radius 3 is 2.28 bits per heavy atom. The van der Waals surface area contributed by atoms with E-state index < -0.39 is 0 Å². The molecule has 6 heteroatoms. The highest BCUT2D eigenvalue weighted by atomic mass is 16.7. The number of anilines is 1. The summed E-state index contributed by atoms with van der Waals surface area (Å²) in [6, 6.07) is 7.42. The Morgan fingerprint density at radius 1 is 1.00 bits per heavy atom. The fourth-order valence-electron chi connectivity index (χ4n) is 3.91. The minimum Gasteiger partial charge on any atom is -0.350 e. The first-order valence-electron chi connectivity index (χ1n) is 9.15. The SMILES string of the molecule is O=C(c1ccc(N2CCCC2=O)cc1)N1CCC(C2OCCO2)CC1. The third kappa shape index (κ3) is 3.41. The fraction of sp³-hybridized carbons (Fsp3) is 0.579. The first-order valence-corrected chi connectivity index (χ1v) is 9.15. The van der Waals surface area contributed by atoms with E-state index in [1.165, 1.54) is 0 Å². The van der Waals surface area contributed by atoms with Gasteiger partial charge in [0, 0.05) is 43.2 Å². The number of benzene rings is 1. The van der Waals surface area contributed by atoms with Crippen molar-refractivity contribution >= 4 is 17.5 Å². The molecule has 6 nitrogen and oxygen atoms in total. The third-order valence-electron chi connectivity index (χ3n) is 5.36. The number of rotatable bonds is 3. The highest BCUT2D eigenvalue weighted by molar-refractivity contribution is 5.97. The molecule has 25 heavy (non-hydrogen) atoms. The summed E-state index contributed by atoms with van der Waals surface area (Å²) in [6.45, 7) is 3.59. The summed E-state index contributed by atoms with van der Waals surface area (Å²) >= 11 is 0. The lowest BCUT2D eigenvalue weighted by atomic mass is 9.95. The Kier molecular flexibility index (Phi) is 4.72. The highest BCUT2D eigenvalue weighted by Crippen LogP contribution is 2.27. The summed E-state index contributed by atoms with van der Waals surface area (Å²) < 4.78 is 11.2. The molecule has 3 heterocycles. The molecule has 0 saturated carbocycles. The molecule has 3 aliphatic rings. The number of nitrogens with zero attached hydrogens (tertiary/aromatic N) is 2. The van der Waals surface area contributed by atoms with Crippen LogP contribution in [0, 0.1) is 5.92 Å². The molecule has 134 valence electrons. The fourth-order valence-corrected chi connectivity index (χ4v) is 3.91. The summed E-state index contributed by atoms with van der Waals surface area (Å²) in [6.07, 6.45) is 3.26. The minimum absolute atomic E-state index is 0.0611. The van der Waals surface area contributed by atoms with Gasteiger partial charge in [-0.05, 0) is 43.5 Å². The second-order valence-corrected chi connectivity index (χ2v) is 6.94. The molecular weight excluding hydrogens is 320 g/mol. The van der Waals surface area contributed by atoms with Gasteiger partial charge < -0.3 is 19.3 Å². The van der Waals surface area contributed by atoms with Gasteiger partial charge in [-0.25, -0.2) is 0 Å². The predicted octanol–water partition coefficient (Wildman–Crippen LogP) is 2.04. The van der Waals surface area contributed by atoms with E-state index in [2.05, 4.69) is 0 Å². The lowest BCUT2D eigenvalue weighted by Gasteiger charge is -2.34. The molecule has 1 aromatic carbocycles. The number of carbonyl (C=O) groups excluding carboxylic acids is 2. The molecule has 0 atom stereocenters. The zero-order chi connectivity index (χ0) is 17.2. The zero-order valence-corrected chi connectivity index (χ0v) is 14.4. The van der Waals surface area contributed by atoms with Crippen molar-refractivity contribution in [3.05, 3.63) is 29.8 Å². The normalized spacial score (nSPS) is 22.8. The van der Waals surface area contributed by atoms with E-state index in [1.807, 2.05) is 29.2 Å². The topological polar surface area (TPSA) is 59.1 Å². The van der Waals surface area contributed by atoms with Gasteiger partial charge in [0.1, 0.15) is 0 Å². The second kappa shape index (κ2) is 7.14. The van der Waals surface area contributed by atoms with Crippen LogP contribution in [-0.4, -0.2) is 55.9 Å². The van der Waals surface area contributed by atoms with Gasteiger partial charge in [-0.1, -0.05) is 0 Å². The van der Waals surface area contributed by atoms with Crippen molar-refractivity contribution in [3.8, 4) is 0 Å². The molecule has 0 bridgehead atoms. The van der Waals surface area contributed by atoms with Crippen LogP contribution in [0.5, 0.6) is 0 Å². The maximum atomic E-state index is 12.7. The van der Waals surface area contributed by atoms with Crippen molar-refractivity contribution in [2.45, 2.75) is 32.0 Å². The van der Waals surface area contributed by atoms with Crippen molar-refractivity contribution < 1.29 is 19.1 Å². The monoisotopic (exact) mass is 344 g/mol. The molecule has 0 spiro atoms. The first-order chi connectivity index (χ1) is 12.2. The standard InChI is InChI=1S/C19H24N2O4/c22-17-2-1-9-21(17)16-5-3-14(4-6-16)18(23)20-10-7-15(8-11-20)19-24-12-13-25-19/h3-6,15,19H,1-2,7-13H2. The molecule has 0 N–H and O–H groups in total. The number of piperidine rings is 1. The predicted molar refractivity (Wildman–Crippen MR) is 92.3 cm³/mol. The Hall–Kier alpha value is -1.92. The summed E-state index contributed by atoms with van der Waals surface area (Å²) in [4.78, 5) is 28.2. The number of carbonyl (C=O) groups is 2. The van der Waals surface area contributed by atoms with E-state index >= 15 is 0 Å². The van der Waals surface area contributed by atoms with Crippen LogP contribution in [0.3, 0.4) is 0 Å².